The van der Waals surface area contributed by atoms with Crippen molar-refractivity contribution in [2.75, 3.05) is 0 Å². The molecule has 0 radical (unpaired) electrons. The van der Waals surface area contributed by atoms with Gasteiger partial charge in [-0.2, -0.15) is 0 Å². The lowest BCUT2D eigenvalue weighted by atomic mass is 10.0. The van der Waals surface area contributed by atoms with Crippen LogP contribution in [0.4, 0.5) is 0 Å². The summed E-state index contributed by atoms with van der Waals surface area (Å²) >= 11 is 7.97. The number of benzene rings is 1. The van der Waals surface area contributed by atoms with Crippen LogP contribution in [0.1, 0.15) is 18.9 Å². The third-order valence-electron chi connectivity index (χ3n) is 3.13. The maximum atomic E-state index is 6.24. The Labute approximate surface area is 121 Å². The van der Waals surface area contributed by atoms with Crippen molar-refractivity contribution in [1.82, 2.24) is 9.97 Å². The summed E-state index contributed by atoms with van der Waals surface area (Å²) in [6.07, 6.45) is 3.47. The van der Waals surface area contributed by atoms with Gasteiger partial charge in [-0.15, -0.1) is 11.3 Å². The fourth-order valence-corrected chi connectivity index (χ4v) is 3.42. The Morgan fingerprint density at radius 1 is 1.21 bits per heavy atom. The zero-order valence-corrected chi connectivity index (χ0v) is 12.1. The molecule has 0 N–H and O–H groups in total. The molecule has 0 atom stereocenters. The normalized spacial score (nSPS) is 11.1. The predicted octanol–water partition coefficient (Wildman–Crippen LogP) is 4.96. The first kappa shape index (κ1) is 12.6. The van der Waals surface area contributed by atoms with Crippen molar-refractivity contribution < 1.29 is 0 Å². The van der Waals surface area contributed by atoms with Crippen LogP contribution >= 0.6 is 22.9 Å². The van der Waals surface area contributed by atoms with Crippen LogP contribution in [0, 0.1) is 0 Å². The molecule has 0 saturated carbocycles. The standard InChI is InChI=1S/C15H13ClN2S/c1-2-4-12-13(17-9-18-15(12)16)11-6-3-5-10-7-8-19-14(10)11/h3,5-9H,2,4H2,1H3. The molecule has 1 aromatic carbocycles. The number of nitrogens with zero attached hydrogens (tertiary/aromatic N) is 2. The van der Waals surface area contributed by atoms with Crippen molar-refractivity contribution in [1.29, 1.82) is 0 Å². The van der Waals surface area contributed by atoms with Gasteiger partial charge in [-0.05, 0) is 23.3 Å². The summed E-state index contributed by atoms with van der Waals surface area (Å²) in [5.74, 6) is 0. The molecule has 0 amide bonds. The number of halogens is 1. The van der Waals surface area contributed by atoms with Crippen LogP contribution in [-0.2, 0) is 6.42 Å². The van der Waals surface area contributed by atoms with E-state index in [1.807, 2.05) is 0 Å². The van der Waals surface area contributed by atoms with Gasteiger partial charge >= 0.3 is 0 Å². The molecule has 0 bridgehead atoms. The highest BCUT2D eigenvalue weighted by atomic mass is 35.5. The Morgan fingerprint density at radius 3 is 2.95 bits per heavy atom. The Balaban J connectivity index is 2.27. The van der Waals surface area contributed by atoms with Crippen molar-refractivity contribution in [3.05, 3.63) is 46.7 Å². The van der Waals surface area contributed by atoms with Crippen molar-refractivity contribution in [3.63, 3.8) is 0 Å². The van der Waals surface area contributed by atoms with Gasteiger partial charge in [0.15, 0.2) is 0 Å². The van der Waals surface area contributed by atoms with Gasteiger partial charge in [-0.25, -0.2) is 9.97 Å². The monoisotopic (exact) mass is 288 g/mol. The van der Waals surface area contributed by atoms with Gasteiger partial charge < -0.3 is 0 Å². The van der Waals surface area contributed by atoms with Gasteiger partial charge in [-0.3, -0.25) is 0 Å². The van der Waals surface area contributed by atoms with Gasteiger partial charge in [0.05, 0.1) is 5.69 Å². The van der Waals surface area contributed by atoms with E-state index in [1.165, 1.54) is 10.1 Å². The first-order valence-corrected chi connectivity index (χ1v) is 7.53. The highest BCUT2D eigenvalue weighted by molar-refractivity contribution is 7.17. The summed E-state index contributed by atoms with van der Waals surface area (Å²) in [6, 6.07) is 8.43. The Kier molecular flexibility index (Phi) is 3.49. The topological polar surface area (TPSA) is 25.8 Å². The van der Waals surface area contributed by atoms with Gasteiger partial charge in [0.25, 0.3) is 0 Å². The summed E-state index contributed by atoms with van der Waals surface area (Å²) in [4.78, 5) is 8.58. The maximum Gasteiger partial charge on any atom is 0.136 e. The van der Waals surface area contributed by atoms with Gasteiger partial charge in [0.2, 0.25) is 0 Å². The summed E-state index contributed by atoms with van der Waals surface area (Å²) in [5.41, 5.74) is 3.17. The molecule has 96 valence electrons. The van der Waals surface area contributed by atoms with Crippen LogP contribution in [0.3, 0.4) is 0 Å². The Morgan fingerprint density at radius 2 is 2.11 bits per heavy atom. The van der Waals surface area contributed by atoms with Crippen molar-refractivity contribution in [3.8, 4) is 11.3 Å². The molecule has 3 rings (SSSR count). The first-order valence-electron chi connectivity index (χ1n) is 6.27. The molecule has 2 nitrogen and oxygen atoms in total. The predicted molar refractivity (Wildman–Crippen MR) is 81.9 cm³/mol. The zero-order valence-electron chi connectivity index (χ0n) is 10.6. The molecule has 0 aliphatic carbocycles. The van der Waals surface area contributed by atoms with E-state index in [0.29, 0.717) is 5.15 Å². The van der Waals surface area contributed by atoms with E-state index in [4.69, 9.17) is 11.6 Å². The fraction of sp³-hybridized carbons (Fsp3) is 0.200. The lowest BCUT2D eigenvalue weighted by Gasteiger charge is -2.09. The second-order valence-electron chi connectivity index (χ2n) is 4.39. The van der Waals surface area contributed by atoms with E-state index in [2.05, 4.69) is 46.5 Å². The summed E-state index contributed by atoms with van der Waals surface area (Å²) < 4.78 is 1.26. The Hall–Kier alpha value is -1.45. The highest BCUT2D eigenvalue weighted by Crippen LogP contribution is 2.34. The van der Waals surface area contributed by atoms with Crippen LogP contribution in [0.5, 0.6) is 0 Å². The maximum absolute atomic E-state index is 6.24. The number of rotatable bonds is 3. The minimum Gasteiger partial charge on any atom is -0.236 e. The molecule has 3 aromatic rings. The van der Waals surface area contributed by atoms with E-state index < -0.39 is 0 Å². The van der Waals surface area contributed by atoms with Crippen LogP contribution in [0.15, 0.2) is 36.0 Å². The second-order valence-corrected chi connectivity index (χ2v) is 5.66. The van der Waals surface area contributed by atoms with Crippen molar-refractivity contribution >= 4 is 33.0 Å². The molecule has 0 aliphatic heterocycles. The van der Waals surface area contributed by atoms with Crippen LogP contribution < -0.4 is 0 Å². The molecule has 0 spiro atoms. The fourth-order valence-electron chi connectivity index (χ4n) is 2.27. The highest BCUT2D eigenvalue weighted by Gasteiger charge is 2.13. The summed E-state index contributed by atoms with van der Waals surface area (Å²) in [7, 11) is 0. The van der Waals surface area contributed by atoms with Crippen LogP contribution in [0.25, 0.3) is 21.3 Å². The zero-order chi connectivity index (χ0) is 13.2. The SMILES string of the molecule is CCCc1c(Cl)ncnc1-c1cccc2ccsc12. The number of fused-ring (bicyclic) bond motifs is 1. The number of thiophene rings is 1. The largest absolute Gasteiger partial charge is 0.236 e. The average molecular weight is 289 g/mol. The molecule has 0 fully saturated rings. The second kappa shape index (κ2) is 5.27. The van der Waals surface area contributed by atoms with Gasteiger partial charge in [-0.1, -0.05) is 43.1 Å². The molecule has 4 heteroatoms. The lowest BCUT2D eigenvalue weighted by molar-refractivity contribution is 0.904. The number of hydrogen-bond acceptors (Lipinski definition) is 3. The van der Waals surface area contributed by atoms with Crippen LogP contribution in [0.2, 0.25) is 5.15 Å². The third-order valence-corrected chi connectivity index (χ3v) is 4.42. The summed E-state index contributed by atoms with van der Waals surface area (Å²) in [5, 5.41) is 3.93. The van der Waals surface area contributed by atoms with E-state index in [9.17, 15) is 0 Å². The van der Waals surface area contributed by atoms with Crippen molar-refractivity contribution in [2.24, 2.45) is 0 Å². The smallest absolute Gasteiger partial charge is 0.136 e. The lowest BCUT2D eigenvalue weighted by Crippen LogP contribution is -1.96. The third kappa shape index (κ3) is 2.24. The molecule has 0 saturated heterocycles. The molecule has 2 aromatic heterocycles. The van der Waals surface area contributed by atoms with E-state index in [-0.39, 0.29) is 0 Å². The molecular weight excluding hydrogens is 276 g/mol. The van der Waals surface area contributed by atoms with Crippen molar-refractivity contribution in [2.45, 2.75) is 19.8 Å². The minimum atomic E-state index is 0.570. The van der Waals surface area contributed by atoms with Crippen LogP contribution in [-0.4, -0.2) is 9.97 Å². The van der Waals surface area contributed by atoms with Gasteiger partial charge in [0.1, 0.15) is 11.5 Å². The van der Waals surface area contributed by atoms with E-state index in [1.54, 1.807) is 17.7 Å². The Bertz CT molecular complexity index is 721. The molecule has 0 unspecified atom stereocenters. The molecule has 0 aliphatic rings. The molecular formula is C15H13ClN2S. The van der Waals surface area contributed by atoms with E-state index in [0.717, 1.165) is 29.7 Å². The average Bonchev–Trinajstić information content (AvgIpc) is 2.89. The quantitative estimate of drug-likeness (QED) is 0.636. The minimum absolute atomic E-state index is 0.570. The molecule has 2 heterocycles. The molecule has 19 heavy (non-hydrogen) atoms. The van der Waals surface area contributed by atoms with Gasteiger partial charge in [0, 0.05) is 15.8 Å². The first-order chi connectivity index (χ1) is 9.31. The van der Waals surface area contributed by atoms with E-state index >= 15 is 0 Å². The number of hydrogen-bond donors (Lipinski definition) is 0. The summed E-state index contributed by atoms with van der Waals surface area (Å²) in [6.45, 7) is 2.14. The number of aromatic nitrogens is 2.